The second-order valence-electron chi connectivity index (χ2n) is 5.67. The maximum Gasteiger partial charge on any atom is 0.231 e. The van der Waals surface area contributed by atoms with Gasteiger partial charge in [0.2, 0.25) is 5.95 Å². The molecule has 1 aromatic heterocycles. The van der Waals surface area contributed by atoms with Crippen molar-refractivity contribution >= 4 is 17.5 Å². The van der Waals surface area contributed by atoms with Crippen LogP contribution in [0.2, 0.25) is 0 Å². The summed E-state index contributed by atoms with van der Waals surface area (Å²) in [6.45, 7) is 3.96. The van der Waals surface area contributed by atoms with E-state index < -0.39 is 0 Å². The highest BCUT2D eigenvalue weighted by Crippen LogP contribution is 2.21. The highest BCUT2D eigenvalue weighted by Gasteiger charge is 2.09. The number of nitrogens with one attached hydrogen (secondary N) is 1. The lowest BCUT2D eigenvalue weighted by Crippen LogP contribution is -2.18. The van der Waals surface area contributed by atoms with Crippen LogP contribution in [0.3, 0.4) is 0 Å². The largest absolute Gasteiger partial charge is 0.370 e. The summed E-state index contributed by atoms with van der Waals surface area (Å²) in [6.07, 6.45) is 1.08. The summed E-state index contributed by atoms with van der Waals surface area (Å²) in [5, 5.41) is 3.38. The van der Waals surface area contributed by atoms with Crippen LogP contribution < -0.4 is 10.2 Å². The number of hydrogen-bond acceptors (Lipinski definition) is 5. The summed E-state index contributed by atoms with van der Waals surface area (Å²) in [5.74, 6) is 1.59. The van der Waals surface area contributed by atoms with Crippen molar-refractivity contribution in [2.24, 2.45) is 0 Å². The number of aryl methyl sites for hydroxylation is 1. The zero-order valence-electron chi connectivity index (χ0n) is 13.9. The summed E-state index contributed by atoms with van der Waals surface area (Å²) in [4.78, 5) is 13.3. The van der Waals surface area contributed by atoms with Crippen molar-refractivity contribution in [3.05, 3.63) is 42.1 Å². The molecule has 0 spiro atoms. The Balaban J connectivity index is 2.06. The molecule has 1 aromatic carbocycles. The molecule has 0 unspecified atom stereocenters. The first-order valence-corrected chi connectivity index (χ1v) is 7.59. The highest BCUT2D eigenvalue weighted by molar-refractivity contribution is 5.57. The number of aromatic nitrogens is 2. The molecular formula is C17H25N5. The van der Waals surface area contributed by atoms with Crippen molar-refractivity contribution in [1.29, 1.82) is 0 Å². The molecule has 22 heavy (non-hydrogen) atoms. The topological polar surface area (TPSA) is 44.3 Å². The molecule has 0 aliphatic rings. The van der Waals surface area contributed by atoms with Crippen LogP contribution in [0.4, 0.5) is 17.5 Å². The SMILES string of the molecule is Cc1cc(NCCCN(C)C)nc(N(C)c2ccccc2)n1. The van der Waals surface area contributed by atoms with E-state index in [0.29, 0.717) is 5.95 Å². The molecule has 0 bridgehead atoms. The minimum absolute atomic E-state index is 0.710. The van der Waals surface area contributed by atoms with Crippen LogP contribution in [-0.2, 0) is 0 Å². The van der Waals surface area contributed by atoms with Gasteiger partial charge in [0, 0.05) is 31.0 Å². The van der Waals surface area contributed by atoms with Crippen LogP contribution in [0.15, 0.2) is 36.4 Å². The van der Waals surface area contributed by atoms with Crippen molar-refractivity contribution in [2.45, 2.75) is 13.3 Å². The van der Waals surface area contributed by atoms with Crippen molar-refractivity contribution in [2.75, 3.05) is 44.4 Å². The predicted molar refractivity (Wildman–Crippen MR) is 92.9 cm³/mol. The average molecular weight is 299 g/mol. The summed E-state index contributed by atoms with van der Waals surface area (Å²) in [7, 11) is 6.16. The molecule has 1 N–H and O–H groups in total. The van der Waals surface area contributed by atoms with Gasteiger partial charge in [-0.2, -0.15) is 4.98 Å². The van der Waals surface area contributed by atoms with Gasteiger partial charge in [0.1, 0.15) is 5.82 Å². The predicted octanol–water partition coefficient (Wildman–Crippen LogP) is 2.92. The molecule has 0 saturated carbocycles. The van der Waals surface area contributed by atoms with E-state index in [1.165, 1.54) is 0 Å². The van der Waals surface area contributed by atoms with Gasteiger partial charge in [-0.15, -0.1) is 0 Å². The van der Waals surface area contributed by atoms with Gasteiger partial charge in [-0.05, 0) is 46.1 Å². The van der Waals surface area contributed by atoms with E-state index in [-0.39, 0.29) is 0 Å². The van der Waals surface area contributed by atoms with E-state index in [2.05, 4.69) is 46.4 Å². The smallest absolute Gasteiger partial charge is 0.231 e. The first kappa shape index (κ1) is 16.2. The van der Waals surface area contributed by atoms with E-state index in [1.807, 2.05) is 43.1 Å². The lowest BCUT2D eigenvalue weighted by atomic mass is 10.3. The molecule has 5 nitrogen and oxygen atoms in total. The molecule has 0 aliphatic carbocycles. The lowest BCUT2D eigenvalue weighted by molar-refractivity contribution is 0.405. The molecule has 2 rings (SSSR count). The van der Waals surface area contributed by atoms with Gasteiger partial charge >= 0.3 is 0 Å². The number of benzene rings is 1. The van der Waals surface area contributed by atoms with Crippen LogP contribution in [-0.4, -0.2) is 49.1 Å². The highest BCUT2D eigenvalue weighted by atomic mass is 15.2. The number of anilines is 3. The van der Waals surface area contributed by atoms with Crippen molar-refractivity contribution in [3.63, 3.8) is 0 Å². The second-order valence-corrected chi connectivity index (χ2v) is 5.67. The van der Waals surface area contributed by atoms with E-state index in [4.69, 9.17) is 0 Å². The Morgan fingerprint density at radius 1 is 1.05 bits per heavy atom. The van der Waals surface area contributed by atoms with Gasteiger partial charge in [-0.25, -0.2) is 4.98 Å². The Hall–Kier alpha value is -2.14. The third-order valence-corrected chi connectivity index (χ3v) is 3.37. The maximum absolute atomic E-state index is 4.62. The van der Waals surface area contributed by atoms with Gasteiger partial charge < -0.3 is 15.1 Å². The van der Waals surface area contributed by atoms with E-state index in [0.717, 1.165) is 36.7 Å². The molecule has 118 valence electrons. The van der Waals surface area contributed by atoms with Crippen molar-refractivity contribution in [1.82, 2.24) is 14.9 Å². The van der Waals surface area contributed by atoms with Crippen molar-refractivity contribution in [3.8, 4) is 0 Å². The standard InChI is InChI=1S/C17H25N5/c1-14-13-16(18-11-8-12-21(2)3)20-17(19-14)22(4)15-9-6-5-7-10-15/h5-7,9-10,13H,8,11-12H2,1-4H3,(H,18,19,20). The Bertz CT molecular complexity index is 583. The Kier molecular flexibility index (Phi) is 5.72. The number of hydrogen-bond donors (Lipinski definition) is 1. The third-order valence-electron chi connectivity index (χ3n) is 3.37. The molecule has 0 aliphatic heterocycles. The molecule has 0 atom stereocenters. The van der Waals surface area contributed by atoms with Gasteiger partial charge in [0.25, 0.3) is 0 Å². The second kappa shape index (κ2) is 7.75. The van der Waals surface area contributed by atoms with E-state index in [1.54, 1.807) is 0 Å². The summed E-state index contributed by atoms with van der Waals surface area (Å²) in [6, 6.07) is 12.1. The average Bonchev–Trinajstić information content (AvgIpc) is 2.51. The van der Waals surface area contributed by atoms with Crippen LogP contribution in [0.5, 0.6) is 0 Å². The fourth-order valence-corrected chi connectivity index (χ4v) is 2.17. The van der Waals surface area contributed by atoms with E-state index >= 15 is 0 Å². The summed E-state index contributed by atoms with van der Waals surface area (Å²) >= 11 is 0. The molecule has 0 saturated heterocycles. The van der Waals surface area contributed by atoms with Crippen LogP contribution in [0.1, 0.15) is 12.1 Å². The first-order valence-electron chi connectivity index (χ1n) is 7.59. The third kappa shape index (κ3) is 4.70. The zero-order valence-corrected chi connectivity index (χ0v) is 13.9. The fourth-order valence-electron chi connectivity index (χ4n) is 2.17. The van der Waals surface area contributed by atoms with E-state index in [9.17, 15) is 0 Å². The Labute approximate surface area is 133 Å². The maximum atomic E-state index is 4.62. The Morgan fingerprint density at radius 2 is 1.77 bits per heavy atom. The summed E-state index contributed by atoms with van der Waals surface area (Å²) < 4.78 is 0. The van der Waals surface area contributed by atoms with Gasteiger partial charge in [-0.3, -0.25) is 0 Å². The number of rotatable bonds is 7. The van der Waals surface area contributed by atoms with Gasteiger partial charge in [0.05, 0.1) is 0 Å². The quantitative estimate of drug-likeness (QED) is 0.796. The summed E-state index contributed by atoms with van der Waals surface area (Å²) in [5.41, 5.74) is 2.04. The first-order chi connectivity index (χ1) is 10.6. The molecule has 0 fully saturated rings. The molecule has 5 heteroatoms. The van der Waals surface area contributed by atoms with Crippen LogP contribution in [0.25, 0.3) is 0 Å². The minimum Gasteiger partial charge on any atom is -0.370 e. The molecule has 0 radical (unpaired) electrons. The van der Waals surface area contributed by atoms with Crippen molar-refractivity contribution < 1.29 is 0 Å². The van der Waals surface area contributed by atoms with Crippen LogP contribution >= 0.6 is 0 Å². The molecule has 1 heterocycles. The monoisotopic (exact) mass is 299 g/mol. The molecular weight excluding hydrogens is 274 g/mol. The number of para-hydroxylation sites is 1. The zero-order chi connectivity index (χ0) is 15.9. The van der Waals surface area contributed by atoms with Crippen LogP contribution in [0, 0.1) is 6.92 Å². The van der Waals surface area contributed by atoms with Gasteiger partial charge in [-0.1, -0.05) is 18.2 Å². The molecule has 2 aromatic rings. The number of nitrogens with zero attached hydrogens (tertiary/aromatic N) is 4. The fraction of sp³-hybridized carbons (Fsp3) is 0.412. The molecule has 0 amide bonds. The minimum atomic E-state index is 0.710. The lowest BCUT2D eigenvalue weighted by Gasteiger charge is -2.18. The normalized spacial score (nSPS) is 10.8. The Morgan fingerprint density at radius 3 is 2.45 bits per heavy atom. The van der Waals surface area contributed by atoms with Gasteiger partial charge in [0.15, 0.2) is 0 Å².